The van der Waals surface area contributed by atoms with Crippen molar-refractivity contribution in [2.75, 3.05) is 0 Å². The summed E-state index contributed by atoms with van der Waals surface area (Å²) in [6.45, 7) is 5.77. The van der Waals surface area contributed by atoms with Gasteiger partial charge in [-0.25, -0.2) is 4.98 Å². The van der Waals surface area contributed by atoms with Gasteiger partial charge in [-0.2, -0.15) is 0 Å². The van der Waals surface area contributed by atoms with E-state index >= 15 is 0 Å². The van der Waals surface area contributed by atoms with E-state index in [-0.39, 0.29) is 28.7 Å². The number of rotatable bonds is 4. The van der Waals surface area contributed by atoms with Crippen LogP contribution in [0.15, 0.2) is 11.1 Å². The van der Waals surface area contributed by atoms with Crippen LogP contribution in [0.3, 0.4) is 0 Å². The van der Waals surface area contributed by atoms with Crippen LogP contribution in [0.1, 0.15) is 20.8 Å². The predicted molar refractivity (Wildman–Crippen MR) is 71.0 cm³/mol. The first-order chi connectivity index (χ1) is 8.32. The molecule has 18 heavy (non-hydrogen) atoms. The third kappa shape index (κ3) is 3.71. The van der Waals surface area contributed by atoms with Crippen LogP contribution < -0.4 is 10.9 Å². The summed E-state index contributed by atoms with van der Waals surface area (Å²) < 4.78 is 1.12. The molecule has 0 saturated carbocycles. The Kier molecular flexibility index (Phi) is 5.16. The SMILES string of the molecule is CC(C)C(C)NC(=O)Cn1cnc(Cl)c(Cl)c1=O. The maximum atomic E-state index is 11.7. The van der Waals surface area contributed by atoms with Crippen molar-refractivity contribution < 1.29 is 4.79 Å². The van der Waals surface area contributed by atoms with Gasteiger partial charge >= 0.3 is 0 Å². The molecule has 0 radical (unpaired) electrons. The lowest BCUT2D eigenvalue weighted by Gasteiger charge is -2.17. The molecular formula is C11H15Cl2N3O2. The Labute approximate surface area is 115 Å². The van der Waals surface area contributed by atoms with Crippen molar-refractivity contribution in [3.05, 3.63) is 26.9 Å². The number of carbonyl (C=O) groups is 1. The normalized spacial score (nSPS) is 12.6. The van der Waals surface area contributed by atoms with E-state index in [0.29, 0.717) is 5.92 Å². The Morgan fingerprint density at radius 3 is 2.61 bits per heavy atom. The number of halogens is 2. The number of amides is 1. The molecule has 1 rings (SSSR count). The average Bonchev–Trinajstić information content (AvgIpc) is 2.29. The second kappa shape index (κ2) is 6.20. The van der Waals surface area contributed by atoms with Crippen LogP contribution in [-0.4, -0.2) is 21.5 Å². The van der Waals surface area contributed by atoms with Crippen LogP contribution in [0, 0.1) is 5.92 Å². The summed E-state index contributed by atoms with van der Waals surface area (Å²) in [5.74, 6) is 0.0519. The van der Waals surface area contributed by atoms with Gasteiger partial charge in [0.15, 0.2) is 5.15 Å². The van der Waals surface area contributed by atoms with Crippen LogP contribution in [-0.2, 0) is 11.3 Å². The molecule has 100 valence electrons. The van der Waals surface area contributed by atoms with Gasteiger partial charge in [-0.3, -0.25) is 14.2 Å². The van der Waals surface area contributed by atoms with E-state index in [1.54, 1.807) is 0 Å². The van der Waals surface area contributed by atoms with E-state index in [1.807, 2.05) is 20.8 Å². The van der Waals surface area contributed by atoms with Crippen molar-refractivity contribution in [3.8, 4) is 0 Å². The topological polar surface area (TPSA) is 64.0 Å². The minimum atomic E-state index is -0.524. The predicted octanol–water partition coefficient (Wildman–Crippen LogP) is 1.71. The standard InChI is InChI=1S/C11H15Cl2N3O2/c1-6(2)7(3)15-8(17)4-16-5-14-10(13)9(12)11(16)18/h5-7H,4H2,1-3H3,(H,15,17). The van der Waals surface area contributed by atoms with Gasteiger partial charge in [0.25, 0.3) is 5.56 Å². The first-order valence-electron chi connectivity index (χ1n) is 5.52. The van der Waals surface area contributed by atoms with Gasteiger partial charge in [-0.05, 0) is 12.8 Å². The molecule has 0 aromatic carbocycles. The van der Waals surface area contributed by atoms with E-state index < -0.39 is 5.56 Å². The molecule has 0 aliphatic carbocycles. The fourth-order valence-electron chi connectivity index (χ4n) is 1.18. The molecule has 1 amide bonds. The van der Waals surface area contributed by atoms with Gasteiger partial charge in [-0.1, -0.05) is 37.0 Å². The summed E-state index contributed by atoms with van der Waals surface area (Å²) >= 11 is 11.3. The van der Waals surface area contributed by atoms with E-state index in [9.17, 15) is 9.59 Å². The molecule has 1 aromatic rings. The van der Waals surface area contributed by atoms with E-state index in [2.05, 4.69) is 10.3 Å². The molecule has 5 nitrogen and oxygen atoms in total. The van der Waals surface area contributed by atoms with Gasteiger partial charge in [0.1, 0.15) is 11.6 Å². The van der Waals surface area contributed by atoms with Crippen LogP contribution in [0.5, 0.6) is 0 Å². The van der Waals surface area contributed by atoms with Gasteiger partial charge in [0.05, 0.1) is 6.33 Å². The summed E-state index contributed by atoms with van der Waals surface area (Å²) in [7, 11) is 0. The fourth-order valence-corrected chi connectivity index (χ4v) is 1.46. The number of nitrogens with zero attached hydrogens (tertiary/aromatic N) is 2. The smallest absolute Gasteiger partial charge is 0.274 e. The second-order valence-corrected chi connectivity index (χ2v) is 5.12. The number of hydrogen-bond donors (Lipinski definition) is 1. The Morgan fingerprint density at radius 2 is 2.06 bits per heavy atom. The van der Waals surface area contributed by atoms with Crippen molar-refractivity contribution in [1.29, 1.82) is 0 Å². The number of nitrogens with one attached hydrogen (secondary N) is 1. The molecule has 0 fully saturated rings. The summed E-state index contributed by atoms with van der Waals surface area (Å²) in [5, 5.41) is 2.55. The molecule has 1 aromatic heterocycles. The van der Waals surface area contributed by atoms with Gasteiger partial charge in [0, 0.05) is 6.04 Å². The van der Waals surface area contributed by atoms with Crippen molar-refractivity contribution in [2.24, 2.45) is 5.92 Å². The van der Waals surface area contributed by atoms with Gasteiger partial charge in [-0.15, -0.1) is 0 Å². The molecule has 1 unspecified atom stereocenters. The summed E-state index contributed by atoms with van der Waals surface area (Å²) in [4.78, 5) is 27.1. The lowest BCUT2D eigenvalue weighted by molar-refractivity contribution is -0.122. The van der Waals surface area contributed by atoms with Crippen molar-refractivity contribution in [3.63, 3.8) is 0 Å². The maximum Gasteiger partial charge on any atom is 0.274 e. The monoisotopic (exact) mass is 291 g/mol. The van der Waals surface area contributed by atoms with E-state index in [0.717, 1.165) is 4.57 Å². The third-order valence-corrected chi connectivity index (χ3v) is 3.37. The van der Waals surface area contributed by atoms with Crippen LogP contribution in [0.2, 0.25) is 10.2 Å². The number of hydrogen-bond acceptors (Lipinski definition) is 3. The molecule has 7 heteroatoms. The van der Waals surface area contributed by atoms with Gasteiger partial charge in [0.2, 0.25) is 5.91 Å². The zero-order valence-corrected chi connectivity index (χ0v) is 11.9. The first kappa shape index (κ1) is 15.0. The Balaban J connectivity index is 2.77. The summed E-state index contributed by atoms with van der Waals surface area (Å²) in [6.07, 6.45) is 1.20. The van der Waals surface area contributed by atoms with Gasteiger partial charge < -0.3 is 5.32 Å². The lowest BCUT2D eigenvalue weighted by Crippen LogP contribution is -2.39. The van der Waals surface area contributed by atoms with Crippen molar-refractivity contribution >= 4 is 29.1 Å². The zero-order chi connectivity index (χ0) is 13.9. The molecule has 0 aliphatic heterocycles. The fraction of sp³-hybridized carbons (Fsp3) is 0.545. The Bertz CT molecular complexity index is 500. The third-order valence-electron chi connectivity index (χ3n) is 2.64. The molecule has 0 spiro atoms. The second-order valence-electron chi connectivity index (χ2n) is 4.38. The average molecular weight is 292 g/mol. The highest BCUT2D eigenvalue weighted by molar-refractivity contribution is 6.40. The highest BCUT2D eigenvalue weighted by Gasteiger charge is 2.13. The maximum absolute atomic E-state index is 11.7. The quantitative estimate of drug-likeness (QED) is 0.859. The van der Waals surface area contributed by atoms with Crippen LogP contribution in [0.4, 0.5) is 0 Å². The number of carbonyl (C=O) groups excluding carboxylic acids is 1. The molecular weight excluding hydrogens is 277 g/mol. The molecule has 0 bridgehead atoms. The molecule has 1 N–H and O–H groups in total. The summed E-state index contributed by atoms with van der Waals surface area (Å²) in [6, 6.07) is 0.0314. The highest BCUT2D eigenvalue weighted by Crippen LogP contribution is 2.12. The van der Waals surface area contributed by atoms with Crippen molar-refractivity contribution in [2.45, 2.75) is 33.4 Å². The highest BCUT2D eigenvalue weighted by atomic mass is 35.5. The molecule has 1 heterocycles. The minimum Gasteiger partial charge on any atom is -0.352 e. The number of aromatic nitrogens is 2. The minimum absolute atomic E-state index is 0.0314. The Hall–Kier alpha value is -1.07. The molecule has 0 aliphatic rings. The van der Waals surface area contributed by atoms with Crippen LogP contribution in [0.25, 0.3) is 0 Å². The van der Waals surface area contributed by atoms with Crippen LogP contribution >= 0.6 is 23.2 Å². The molecule has 0 saturated heterocycles. The largest absolute Gasteiger partial charge is 0.352 e. The first-order valence-corrected chi connectivity index (χ1v) is 6.28. The Morgan fingerprint density at radius 1 is 1.44 bits per heavy atom. The van der Waals surface area contributed by atoms with E-state index in [4.69, 9.17) is 23.2 Å². The summed E-state index contributed by atoms with van der Waals surface area (Å²) in [5.41, 5.74) is -0.524. The lowest BCUT2D eigenvalue weighted by atomic mass is 10.1. The molecule has 1 atom stereocenters. The van der Waals surface area contributed by atoms with Crippen molar-refractivity contribution in [1.82, 2.24) is 14.9 Å². The zero-order valence-electron chi connectivity index (χ0n) is 10.4. The van der Waals surface area contributed by atoms with E-state index in [1.165, 1.54) is 6.33 Å².